The minimum atomic E-state index is -0.576. The summed E-state index contributed by atoms with van der Waals surface area (Å²) in [6.07, 6.45) is 2.50. The van der Waals surface area contributed by atoms with Crippen LogP contribution in [0.15, 0.2) is 48.5 Å². The third-order valence-electron chi connectivity index (χ3n) is 4.99. The number of carbonyl (C=O) groups excluding carboxylic acids is 1. The summed E-state index contributed by atoms with van der Waals surface area (Å²) in [6.45, 7) is 6.12. The molecule has 184 valence electrons. The molecule has 0 atom stereocenters. The summed E-state index contributed by atoms with van der Waals surface area (Å²) in [5, 5.41) is 12.6. The Hall–Kier alpha value is -4.08. The second-order valence-corrected chi connectivity index (χ2v) is 9.48. The summed E-state index contributed by atoms with van der Waals surface area (Å²) in [6, 6.07) is 15.5. The van der Waals surface area contributed by atoms with Gasteiger partial charge in [-0.25, -0.2) is 4.79 Å². The molecule has 1 heterocycles. The number of amides is 1. The van der Waals surface area contributed by atoms with E-state index in [1.54, 1.807) is 12.1 Å². The molecule has 0 aliphatic heterocycles. The number of benzene rings is 2. The smallest absolute Gasteiger partial charge is 0.412 e. The van der Waals surface area contributed by atoms with Crippen LogP contribution in [0.5, 0.6) is 0 Å². The summed E-state index contributed by atoms with van der Waals surface area (Å²) in [7, 11) is 0. The molecule has 10 heteroatoms. The van der Waals surface area contributed by atoms with Crippen molar-refractivity contribution >= 4 is 41.0 Å². The van der Waals surface area contributed by atoms with Crippen LogP contribution in [0.1, 0.15) is 39.2 Å². The first kappa shape index (κ1) is 24.1. The maximum Gasteiger partial charge on any atom is 0.412 e. The Morgan fingerprint density at radius 2 is 1.69 bits per heavy atom. The molecule has 1 amide bonds. The van der Waals surface area contributed by atoms with Gasteiger partial charge in [-0.2, -0.15) is 15.0 Å². The van der Waals surface area contributed by atoms with Gasteiger partial charge in [-0.1, -0.05) is 18.2 Å². The molecule has 1 aliphatic rings. The summed E-state index contributed by atoms with van der Waals surface area (Å²) in [4.78, 5) is 25.7. The van der Waals surface area contributed by atoms with Gasteiger partial charge in [0.25, 0.3) is 0 Å². The van der Waals surface area contributed by atoms with Crippen molar-refractivity contribution in [2.45, 2.75) is 51.7 Å². The highest BCUT2D eigenvalue weighted by atomic mass is 16.6. The minimum absolute atomic E-state index is 0.396. The molecule has 0 unspecified atom stereocenters. The van der Waals surface area contributed by atoms with E-state index >= 15 is 0 Å². The highest BCUT2D eigenvalue weighted by molar-refractivity contribution is 5.85. The Balaban J connectivity index is 1.43. The largest absolute Gasteiger partial charge is 0.444 e. The van der Waals surface area contributed by atoms with Gasteiger partial charge in [-0.05, 0) is 75.9 Å². The molecule has 0 saturated heterocycles. The molecule has 1 aliphatic carbocycles. The van der Waals surface area contributed by atoms with Crippen LogP contribution in [-0.2, 0) is 11.2 Å². The molecule has 0 radical (unpaired) electrons. The van der Waals surface area contributed by atoms with Gasteiger partial charge < -0.3 is 26.4 Å². The molecular formula is C25H32N8O2. The summed E-state index contributed by atoms with van der Waals surface area (Å²) >= 11 is 0. The Morgan fingerprint density at radius 3 is 2.40 bits per heavy atom. The first-order valence-corrected chi connectivity index (χ1v) is 11.7. The fraction of sp³-hybridized carbons (Fsp3) is 0.360. The highest BCUT2D eigenvalue weighted by Gasteiger charge is 2.22. The van der Waals surface area contributed by atoms with E-state index in [4.69, 9.17) is 10.5 Å². The van der Waals surface area contributed by atoms with Gasteiger partial charge in [-0.3, -0.25) is 5.32 Å². The van der Waals surface area contributed by atoms with E-state index < -0.39 is 11.7 Å². The zero-order valence-corrected chi connectivity index (χ0v) is 20.3. The van der Waals surface area contributed by atoms with Crippen LogP contribution in [0.4, 0.5) is 39.7 Å². The number of nitrogens with one attached hydrogen (secondary N) is 4. The lowest BCUT2D eigenvalue weighted by molar-refractivity contribution is 0.0636. The lowest BCUT2D eigenvalue weighted by Crippen LogP contribution is -2.27. The molecular weight excluding hydrogens is 444 g/mol. The number of nitrogens with zero attached hydrogens (tertiary/aromatic N) is 3. The third kappa shape index (κ3) is 8.02. The summed E-state index contributed by atoms with van der Waals surface area (Å²) in [5.41, 5.74) is 8.41. The number of rotatable bonds is 9. The lowest BCUT2D eigenvalue weighted by Gasteiger charge is -2.19. The van der Waals surface area contributed by atoms with Gasteiger partial charge in [-0.15, -0.1) is 0 Å². The molecule has 4 rings (SSSR count). The van der Waals surface area contributed by atoms with Crippen LogP contribution >= 0.6 is 0 Å². The number of hydrogen-bond donors (Lipinski definition) is 5. The molecule has 10 nitrogen and oxygen atoms in total. The minimum Gasteiger partial charge on any atom is -0.444 e. The Labute approximate surface area is 205 Å². The topological polar surface area (TPSA) is 139 Å². The van der Waals surface area contributed by atoms with Crippen LogP contribution in [0, 0.1) is 0 Å². The predicted molar refractivity (Wildman–Crippen MR) is 139 cm³/mol. The normalized spacial score (nSPS) is 13.1. The SMILES string of the molecule is CC(C)(C)OC(=O)Nc1cccc(Nc2nc(NCCc3ccc(N)cc3)nc(NC3CC3)n2)c1. The van der Waals surface area contributed by atoms with Crippen LogP contribution in [0.25, 0.3) is 0 Å². The zero-order chi connectivity index (χ0) is 24.8. The standard InChI is InChI=1S/C25H32N8O2/c1-25(2,3)35-24(34)30-20-6-4-5-19(15-20)29-23-32-21(31-22(33-23)28-18-11-12-18)27-14-13-16-7-9-17(26)10-8-16/h4-10,15,18H,11-14,26H2,1-3H3,(H,30,34)(H3,27,28,29,31,32,33). The Morgan fingerprint density at radius 1 is 1.00 bits per heavy atom. The number of nitrogens with two attached hydrogens (primary N) is 1. The van der Waals surface area contributed by atoms with Crippen LogP contribution < -0.4 is 27.0 Å². The van der Waals surface area contributed by atoms with Gasteiger partial charge >= 0.3 is 6.09 Å². The average molecular weight is 477 g/mol. The van der Waals surface area contributed by atoms with Gasteiger partial charge in [0.2, 0.25) is 17.8 Å². The second kappa shape index (κ2) is 10.5. The monoisotopic (exact) mass is 476 g/mol. The van der Waals surface area contributed by atoms with Crippen molar-refractivity contribution in [1.82, 2.24) is 15.0 Å². The maximum atomic E-state index is 12.1. The number of anilines is 6. The Bertz CT molecular complexity index is 1160. The van der Waals surface area contributed by atoms with Crippen molar-refractivity contribution < 1.29 is 9.53 Å². The average Bonchev–Trinajstić information content (AvgIpc) is 3.58. The van der Waals surface area contributed by atoms with E-state index in [-0.39, 0.29) is 0 Å². The zero-order valence-electron chi connectivity index (χ0n) is 20.3. The van der Waals surface area contributed by atoms with Crippen molar-refractivity contribution in [3.8, 4) is 0 Å². The first-order valence-electron chi connectivity index (χ1n) is 11.7. The van der Waals surface area contributed by atoms with E-state index in [0.717, 1.165) is 30.6 Å². The summed E-state index contributed by atoms with van der Waals surface area (Å²) < 4.78 is 5.32. The fourth-order valence-electron chi connectivity index (χ4n) is 3.21. The second-order valence-electron chi connectivity index (χ2n) is 9.48. The van der Waals surface area contributed by atoms with Crippen molar-refractivity contribution in [3.63, 3.8) is 0 Å². The van der Waals surface area contributed by atoms with Crippen molar-refractivity contribution in [3.05, 3.63) is 54.1 Å². The molecule has 6 N–H and O–H groups in total. The molecule has 35 heavy (non-hydrogen) atoms. The van der Waals surface area contributed by atoms with E-state index in [0.29, 0.717) is 36.1 Å². The van der Waals surface area contributed by atoms with Crippen LogP contribution in [0.2, 0.25) is 0 Å². The van der Waals surface area contributed by atoms with E-state index in [2.05, 4.69) is 36.2 Å². The molecule has 3 aromatic rings. The highest BCUT2D eigenvalue weighted by Crippen LogP contribution is 2.25. The van der Waals surface area contributed by atoms with Crippen LogP contribution in [-0.4, -0.2) is 39.2 Å². The van der Waals surface area contributed by atoms with E-state index in [1.165, 1.54) is 5.56 Å². The van der Waals surface area contributed by atoms with Gasteiger partial charge in [0.05, 0.1) is 0 Å². The number of aromatic nitrogens is 3. The van der Waals surface area contributed by atoms with Gasteiger partial charge in [0.1, 0.15) is 5.60 Å². The van der Waals surface area contributed by atoms with Crippen LogP contribution in [0.3, 0.4) is 0 Å². The number of ether oxygens (including phenoxy) is 1. The number of hydrogen-bond acceptors (Lipinski definition) is 9. The third-order valence-corrected chi connectivity index (χ3v) is 4.99. The van der Waals surface area contributed by atoms with Crippen molar-refractivity contribution in [1.29, 1.82) is 0 Å². The molecule has 0 spiro atoms. The maximum absolute atomic E-state index is 12.1. The first-order chi connectivity index (χ1) is 16.7. The molecule has 0 bridgehead atoms. The quantitative estimate of drug-likeness (QED) is 0.276. The van der Waals surface area contributed by atoms with Gasteiger partial charge in [0, 0.05) is 29.6 Å². The number of carbonyl (C=O) groups is 1. The molecule has 1 fully saturated rings. The van der Waals surface area contributed by atoms with Crippen molar-refractivity contribution in [2.75, 3.05) is 33.5 Å². The van der Waals surface area contributed by atoms with Crippen molar-refractivity contribution in [2.24, 2.45) is 0 Å². The summed E-state index contributed by atoms with van der Waals surface area (Å²) in [5.74, 6) is 1.39. The molecule has 2 aromatic carbocycles. The molecule has 1 saturated carbocycles. The lowest BCUT2D eigenvalue weighted by atomic mass is 10.1. The van der Waals surface area contributed by atoms with E-state index in [9.17, 15) is 4.79 Å². The predicted octanol–water partition coefficient (Wildman–Crippen LogP) is 4.77. The molecule has 1 aromatic heterocycles. The van der Waals surface area contributed by atoms with Gasteiger partial charge in [0.15, 0.2) is 0 Å². The van der Waals surface area contributed by atoms with E-state index in [1.807, 2.05) is 57.2 Å². The Kier molecular flexibility index (Phi) is 7.19. The number of nitrogen functional groups attached to an aromatic ring is 1. The fourth-order valence-corrected chi connectivity index (χ4v) is 3.21.